The molecule has 1 heterocycles. The maximum Gasteiger partial charge on any atom is 0.338 e. The fourth-order valence-electron chi connectivity index (χ4n) is 3.21. The van der Waals surface area contributed by atoms with Gasteiger partial charge < -0.3 is 9.47 Å². The maximum atomic E-state index is 12.6. The summed E-state index contributed by atoms with van der Waals surface area (Å²) in [5.74, 6) is -0.442. The highest BCUT2D eigenvalue weighted by molar-refractivity contribution is 5.90. The Kier molecular flexibility index (Phi) is 6.30. The highest BCUT2D eigenvalue weighted by atomic mass is 16.6. The minimum Gasteiger partial charge on any atom is -0.423 e. The van der Waals surface area contributed by atoms with Gasteiger partial charge in [-0.1, -0.05) is 45.0 Å². The van der Waals surface area contributed by atoms with Crippen LogP contribution in [0.2, 0.25) is 0 Å². The quantitative estimate of drug-likeness (QED) is 0.355. The fourth-order valence-corrected chi connectivity index (χ4v) is 3.21. The molecule has 0 saturated carbocycles. The smallest absolute Gasteiger partial charge is 0.338 e. The summed E-state index contributed by atoms with van der Waals surface area (Å²) in [5, 5.41) is 10.8. The van der Waals surface area contributed by atoms with Crippen LogP contribution in [-0.4, -0.2) is 27.3 Å². The van der Waals surface area contributed by atoms with Gasteiger partial charge in [-0.25, -0.2) is 4.79 Å². The number of aromatic nitrogens is 3. The molecule has 30 heavy (non-hydrogen) atoms. The Bertz CT molecular complexity index is 1100. The van der Waals surface area contributed by atoms with Gasteiger partial charge in [-0.2, -0.15) is 15.4 Å². The number of benzene rings is 2. The summed E-state index contributed by atoms with van der Waals surface area (Å²) in [6, 6.07) is 12.5. The molecule has 1 aromatic heterocycles. The van der Waals surface area contributed by atoms with Crippen molar-refractivity contribution < 1.29 is 19.1 Å². The van der Waals surface area contributed by atoms with E-state index in [0.29, 0.717) is 12.0 Å². The molecule has 0 amide bonds. The van der Waals surface area contributed by atoms with Crippen LogP contribution in [0, 0.1) is 5.41 Å². The van der Waals surface area contributed by atoms with Gasteiger partial charge >= 0.3 is 11.9 Å². The molecule has 0 aliphatic rings. The molecule has 156 valence electrons. The Morgan fingerprint density at radius 3 is 2.40 bits per heavy atom. The van der Waals surface area contributed by atoms with E-state index >= 15 is 0 Å². The number of allylic oxidation sites excluding steroid dienone is 1. The average Bonchev–Trinajstić information content (AvgIpc) is 3.16. The second-order valence-corrected chi connectivity index (χ2v) is 7.80. The first-order chi connectivity index (χ1) is 14.3. The fraction of sp³-hybridized carbons (Fsp3) is 0.304. The maximum absolute atomic E-state index is 12.6. The third-order valence-electron chi connectivity index (χ3n) is 4.53. The first kappa shape index (κ1) is 21.2. The van der Waals surface area contributed by atoms with Crippen LogP contribution in [-0.2, 0) is 16.0 Å². The normalized spacial score (nSPS) is 12.1. The van der Waals surface area contributed by atoms with Gasteiger partial charge in [0.15, 0.2) is 11.5 Å². The van der Waals surface area contributed by atoms with Crippen molar-refractivity contribution in [2.45, 2.75) is 40.5 Å². The minimum absolute atomic E-state index is 0.214. The van der Waals surface area contributed by atoms with Crippen LogP contribution in [0.4, 0.5) is 0 Å². The third kappa shape index (κ3) is 5.31. The predicted molar refractivity (Wildman–Crippen MR) is 113 cm³/mol. The van der Waals surface area contributed by atoms with Crippen LogP contribution in [0.15, 0.2) is 54.1 Å². The van der Waals surface area contributed by atoms with Gasteiger partial charge in [-0.15, -0.1) is 0 Å². The highest BCUT2D eigenvalue weighted by Gasteiger charge is 2.20. The lowest BCUT2D eigenvalue weighted by atomic mass is 9.84. The molecule has 0 atom stereocenters. The van der Waals surface area contributed by atoms with Crippen molar-refractivity contribution in [1.29, 1.82) is 0 Å². The molecule has 0 unspecified atom stereocenters. The predicted octanol–water partition coefficient (Wildman–Crippen LogP) is 4.39. The monoisotopic (exact) mass is 407 g/mol. The summed E-state index contributed by atoms with van der Waals surface area (Å²) < 4.78 is 10.7. The van der Waals surface area contributed by atoms with E-state index in [9.17, 15) is 9.59 Å². The topological polar surface area (TPSA) is 94.2 Å². The molecule has 2 aromatic carbocycles. The lowest BCUT2D eigenvalue weighted by molar-refractivity contribution is -0.135. The lowest BCUT2D eigenvalue weighted by Gasteiger charge is -2.21. The van der Waals surface area contributed by atoms with E-state index in [1.165, 1.54) is 0 Å². The number of hydrogen-bond acceptors (Lipinski definition) is 6. The molecular formula is C23H25N3O4. The van der Waals surface area contributed by atoms with E-state index in [0.717, 1.165) is 16.6 Å². The molecule has 0 saturated heterocycles. The van der Waals surface area contributed by atoms with Crippen LogP contribution in [0.25, 0.3) is 11.0 Å². The summed E-state index contributed by atoms with van der Waals surface area (Å²) in [7, 11) is 0. The van der Waals surface area contributed by atoms with Gasteiger partial charge in [0, 0.05) is 12.0 Å². The number of para-hydroxylation sites is 2. The third-order valence-corrected chi connectivity index (χ3v) is 4.53. The molecule has 7 heteroatoms. The Morgan fingerprint density at radius 2 is 1.70 bits per heavy atom. The molecule has 3 aromatic rings. The Hall–Kier alpha value is -3.48. The average molecular weight is 407 g/mol. The van der Waals surface area contributed by atoms with Gasteiger partial charge in [0.1, 0.15) is 11.0 Å². The number of hydrogen-bond donors (Lipinski definition) is 1. The number of ether oxygens (including phenoxy) is 2. The number of rotatable bonds is 7. The SMILES string of the molecule is CCC(=O)Oc1ccccc1OC(=O)C(C)=CC(C)(C)Cc1ccc2n[nH]nc2c1. The lowest BCUT2D eigenvalue weighted by Crippen LogP contribution is -2.17. The molecule has 0 aliphatic carbocycles. The molecule has 7 nitrogen and oxygen atoms in total. The van der Waals surface area contributed by atoms with E-state index in [4.69, 9.17) is 9.47 Å². The molecular weight excluding hydrogens is 382 g/mol. The minimum atomic E-state index is -0.491. The Labute approximate surface area is 175 Å². The summed E-state index contributed by atoms with van der Waals surface area (Å²) >= 11 is 0. The number of carbonyl (C=O) groups excluding carboxylic acids is 2. The molecule has 0 bridgehead atoms. The first-order valence-electron chi connectivity index (χ1n) is 9.78. The highest BCUT2D eigenvalue weighted by Crippen LogP contribution is 2.29. The number of aromatic amines is 1. The van der Waals surface area contributed by atoms with Crippen molar-refractivity contribution in [3.63, 3.8) is 0 Å². The van der Waals surface area contributed by atoms with Crippen molar-refractivity contribution in [3.8, 4) is 11.5 Å². The number of fused-ring (bicyclic) bond motifs is 1. The van der Waals surface area contributed by atoms with Crippen LogP contribution >= 0.6 is 0 Å². The molecule has 3 rings (SSSR count). The second kappa shape index (κ2) is 8.90. The second-order valence-electron chi connectivity index (χ2n) is 7.80. The molecule has 0 radical (unpaired) electrons. The summed E-state index contributed by atoms with van der Waals surface area (Å²) in [6.07, 6.45) is 2.84. The molecule has 0 fully saturated rings. The van der Waals surface area contributed by atoms with Crippen molar-refractivity contribution in [2.75, 3.05) is 0 Å². The van der Waals surface area contributed by atoms with E-state index in [-0.39, 0.29) is 23.3 Å². The van der Waals surface area contributed by atoms with Crippen LogP contribution < -0.4 is 9.47 Å². The van der Waals surface area contributed by atoms with Crippen molar-refractivity contribution in [3.05, 3.63) is 59.7 Å². The zero-order valence-corrected chi connectivity index (χ0v) is 17.6. The van der Waals surface area contributed by atoms with E-state index in [2.05, 4.69) is 15.4 Å². The molecule has 0 aliphatic heterocycles. The number of nitrogens with one attached hydrogen (secondary N) is 1. The Balaban J connectivity index is 1.72. The van der Waals surface area contributed by atoms with Crippen molar-refractivity contribution in [2.24, 2.45) is 5.41 Å². The van der Waals surface area contributed by atoms with E-state index in [1.807, 2.05) is 38.1 Å². The standard InChI is InChI=1S/C23H25N3O4/c1-5-21(27)29-19-8-6-7-9-20(19)30-22(28)15(2)13-23(3,4)14-16-10-11-17-18(12-16)25-26-24-17/h6-13H,5,14H2,1-4H3,(H,24,25,26). The van der Waals surface area contributed by atoms with Gasteiger partial charge in [0.05, 0.1) is 0 Å². The van der Waals surface area contributed by atoms with Gasteiger partial charge in [0.25, 0.3) is 0 Å². The summed E-state index contributed by atoms with van der Waals surface area (Å²) in [4.78, 5) is 24.2. The zero-order valence-electron chi connectivity index (χ0n) is 17.6. The molecule has 1 N–H and O–H groups in total. The number of carbonyl (C=O) groups is 2. The molecule has 0 spiro atoms. The van der Waals surface area contributed by atoms with Crippen LogP contribution in [0.5, 0.6) is 11.5 Å². The number of nitrogens with zero attached hydrogens (tertiary/aromatic N) is 2. The van der Waals surface area contributed by atoms with Gasteiger partial charge in [-0.3, -0.25) is 4.79 Å². The number of esters is 2. The largest absolute Gasteiger partial charge is 0.423 e. The zero-order chi connectivity index (χ0) is 21.7. The number of H-pyrrole nitrogens is 1. The van der Waals surface area contributed by atoms with E-state index in [1.54, 1.807) is 38.1 Å². The van der Waals surface area contributed by atoms with E-state index < -0.39 is 11.9 Å². The summed E-state index contributed by atoms with van der Waals surface area (Å²) in [5.41, 5.74) is 2.89. The van der Waals surface area contributed by atoms with Crippen molar-refractivity contribution in [1.82, 2.24) is 15.4 Å². The van der Waals surface area contributed by atoms with Crippen molar-refractivity contribution >= 4 is 23.0 Å². The summed E-state index contributed by atoms with van der Waals surface area (Å²) in [6.45, 7) is 7.51. The first-order valence-corrected chi connectivity index (χ1v) is 9.78. The van der Waals surface area contributed by atoms with Crippen LogP contribution in [0.3, 0.4) is 0 Å². The Morgan fingerprint density at radius 1 is 1.03 bits per heavy atom. The van der Waals surface area contributed by atoms with Crippen LogP contribution in [0.1, 0.15) is 39.7 Å². The van der Waals surface area contributed by atoms with Gasteiger partial charge in [-0.05, 0) is 48.6 Å². The van der Waals surface area contributed by atoms with Gasteiger partial charge in [0.2, 0.25) is 0 Å².